The molecule has 2 aromatic carbocycles. The molecule has 1 N–H and O–H groups in total. The predicted octanol–water partition coefficient (Wildman–Crippen LogP) is 4.40. The second-order valence-electron chi connectivity index (χ2n) is 6.41. The van der Waals surface area contributed by atoms with E-state index in [4.69, 9.17) is 9.47 Å². The van der Waals surface area contributed by atoms with Gasteiger partial charge in [0.1, 0.15) is 17.3 Å². The van der Waals surface area contributed by atoms with E-state index in [0.717, 1.165) is 35.0 Å². The quantitative estimate of drug-likeness (QED) is 0.758. The molecular formula is C21H21N3O2. The van der Waals surface area contributed by atoms with Gasteiger partial charge in [0.2, 0.25) is 0 Å². The molecule has 3 aromatic rings. The lowest BCUT2D eigenvalue weighted by Gasteiger charge is -2.27. The Morgan fingerprint density at radius 1 is 1.04 bits per heavy atom. The van der Waals surface area contributed by atoms with E-state index in [-0.39, 0.29) is 6.04 Å². The SMILES string of the molecule is COc1ccc(-c2ccc(NC3CCOc4ccc(C)cc43)nn2)cc1. The van der Waals surface area contributed by atoms with Crippen LogP contribution < -0.4 is 14.8 Å². The van der Waals surface area contributed by atoms with Gasteiger partial charge in [0.05, 0.1) is 25.5 Å². The number of fused-ring (bicyclic) bond motifs is 1. The summed E-state index contributed by atoms with van der Waals surface area (Å²) in [6.07, 6.45) is 0.901. The Labute approximate surface area is 153 Å². The van der Waals surface area contributed by atoms with Crippen LogP contribution in [0.15, 0.2) is 54.6 Å². The molecule has 0 saturated carbocycles. The first-order chi connectivity index (χ1) is 12.7. The molecule has 1 aliphatic heterocycles. The van der Waals surface area contributed by atoms with Crippen LogP contribution in [0.1, 0.15) is 23.6 Å². The summed E-state index contributed by atoms with van der Waals surface area (Å²) in [7, 11) is 1.66. The van der Waals surface area contributed by atoms with Gasteiger partial charge in [0, 0.05) is 17.5 Å². The van der Waals surface area contributed by atoms with Crippen molar-refractivity contribution in [2.45, 2.75) is 19.4 Å². The van der Waals surface area contributed by atoms with Gasteiger partial charge in [-0.05, 0) is 49.4 Å². The first-order valence-corrected chi connectivity index (χ1v) is 8.71. The van der Waals surface area contributed by atoms with Crippen molar-refractivity contribution in [3.8, 4) is 22.8 Å². The van der Waals surface area contributed by atoms with Gasteiger partial charge in [-0.25, -0.2) is 0 Å². The second-order valence-corrected chi connectivity index (χ2v) is 6.41. The number of nitrogens with zero attached hydrogens (tertiary/aromatic N) is 2. The summed E-state index contributed by atoms with van der Waals surface area (Å²) < 4.78 is 10.9. The third kappa shape index (κ3) is 3.33. The minimum atomic E-state index is 0.180. The Morgan fingerprint density at radius 2 is 1.88 bits per heavy atom. The van der Waals surface area contributed by atoms with E-state index in [0.29, 0.717) is 6.61 Å². The Hall–Kier alpha value is -3.08. The molecule has 1 atom stereocenters. The summed E-state index contributed by atoms with van der Waals surface area (Å²) in [6.45, 7) is 2.79. The molecule has 26 heavy (non-hydrogen) atoms. The highest BCUT2D eigenvalue weighted by Gasteiger charge is 2.21. The van der Waals surface area contributed by atoms with Gasteiger partial charge in [0.15, 0.2) is 0 Å². The first-order valence-electron chi connectivity index (χ1n) is 8.71. The summed E-state index contributed by atoms with van der Waals surface area (Å²) in [6, 6.07) is 18.2. The maximum atomic E-state index is 5.76. The molecule has 0 saturated heterocycles. The smallest absolute Gasteiger partial charge is 0.149 e. The Morgan fingerprint density at radius 3 is 2.62 bits per heavy atom. The summed E-state index contributed by atoms with van der Waals surface area (Å²) in [5.74, 6) is 2.54. The third-order valence-electron chi connectivity index (χ3n) is 4.58. The molecule has 0 bridgehead atoms. The van der Waals surface area contributed by atoms with E-state index >= 15 is 0 Å². The Balaban J connectivity index is 1.52. The molecule has 2 heterocycles. The summed E-state index contributed by atoms with van der Waals surface area (Å²) in [5, 5.41) is 12.2. The molecule has 5 nitrogen and oxygen atoms in total. The fourth-order valence-electron chi connectivity index (χ4n) is 3.17. The van der Waals surface area contributed by atoms with Gasteiger partial charge < -0.3 is 14.8 Å². The van der Waals surface area contributed by atoms with Crippen molar-refractivity contribution in [1.29, 1.82) is 0 Å². The Kier molecular flexibility index (Phi) is 4.44. The van der Waals surface area contributed by atoms with E-state index < -0.39 is 0 Å². The van der Waals surface area contributed by atoms with Gasteiger partial charge in [0.25, 0.3) is 0 Å². The number of benzene rings is 2. The van der Waals surface area contributed by atoms with Crippen molar-refractivity contribution in [1.82, 2.24) is 10.2 Å². The van der Waals surface area contributed by atoms with Gasteiger partial charge in [-0.15, -0.1) is 10.2 Å². The Bertz CT molecular complexity index is 892. The summed E-state index contributed by atoms with van der Waals surface area (Å²) >= 11 is 0. The first kappa shape index (κ1) is 16.4. The van der Waals surface area contributed by atoms with Crippen LogP contribution in [0.2, 0.25) is 0 Å². The van der Waals surface area contributed by atoms with Crippen molar-refractivity contribution in [3.05, 3.63) is 65.7 Å². The fraction of sp³-hybridized carbons (Fsp3) is 0.238. The molecule has 0 radical (unpaired) electrons. The van der Waals surface area contributed by atoms with Gasteiger partial charge >= 0.3 is 0 Å². The fourth-order valence-corrected chi connectivity index (χ4v) is 3.17. The molecule has 1 unspecified atom stereocenters. The molecule has 0 amide bonds. The number of rotatable bonds is 4. The van der Waals surface area contributed by atoms with Crippen LogP contribution in [0, 0.1) is 6.92 Å². The lowest BCUT2D eigenvalue weighted by molar-refractivity contribution is 0.274. The number of aromatic nitrogens is 2. The maximum absolute atomic E-state index is 5.76. The number of hydrogen-bond donors (Lipinski definition) is 1. The van der Waals surface area contributed by atoms with Gasteiger partial charge in [-0.3, -0.25) is 0 Å². The zero-order valence-electron chi connectivity index (χ0n) is 14.9. The number of nitrogens with one attached hydrogen (secondary N) is 1. The average molecular weight is 347 g/mol. The number of anilines is 1. The van der Waals surface area contributed by atoms with Crippen LogP contribution in [-0.4, -0.2) is 23.9 Å². The topological polar surface area (TPSA) is 56.3 Å². The van der Waals surface area contributed by atoms with Crippen molar-refractivity contribution >= 4 is 5.82 Å². The van der Waals surface area contributed by atoms with E-state index in [1.807, 2.05) is 42.5 Å². The van der Waals surface area contributed by atoms with Crippen molar-refractivity contribution < 1.29 is 9.47 Å². The summed E-state index contributed by atoms with van der Waals surface area (Å²) in [5.41, 5.74) is 4.25. The van der Waals surface area contributed by atoms with Gasteiger partial charge in [-0.2, -0.15) is 0 Å². The van der Waals surface area contributed by atoms with Crippen LogP contribution in [0.3, 0.4) is 0 Å². The second kappa shape index (κ2) is 7.04. The normalized spacial score (nSPS) is 15.7. The van der Waals surface area contributed by atoms with Crippen molar-refractivity contribution in [3.63, 3.8) is 0 Å². The minimum absolute atomic E-state index is 0.180. The lowest BCUT2D eigenvalue weighted by Crippen LogP contribution is -2.21. The van der Waals surface area contributed by atoms with Crippen LogP contribution >= 0.6 is 0 Å². The van der Waals surface area contributed by atoms with Crippen molar-refractivity contribution in [2.75, 3.05) is 19.0 Å². The third-order valence-corrected chi connectivity index (χ3v) is 4.58. The zero-order valence-corrected chi connectivity index (χ0v) is 14.9. The monoisotopic (exact) mass is 347 g/mol. The molecular weight excluding hydrogens is 326 g/mol. The highest BCUT2D eigenvalue weighted by atomic mass is 16.5. The maximum Gasteiger partial charge on any atom is 0.149 e. The number of hydrogen-bond acceptors (Lipinski definition) is 5. The molecule has 1 aromatic heterocycles. The van der Waals surface area contributed by atoms with Crippen LogP contribution in [0.25, 0.3) is 11.3 Å². The van der Waals surface area contributed by atoms with Crippen molar-refractivity contribution in [2.24, 2.45) is 0 Å². The standard InChI is InChI=1S/C21H21N3O2/c1-14-3-9-20-17(13-14)19(11-12-26-20)22-21-10-8-18(23-24-21)15-4-6-16(25-2)7-5-15/h3-10,13,19H,11-12H2,1-2H3,(H,22,24). The number of aryl methyl sites for hydroxylation is 1. The summed E-state index contributed by atoms with van der Waals surface area (Å²) in [4.78, 5) is 0. The minimum Gasteiger partial charge on any atom is -0.497 e. The van der Waals surface area contributed by atoms with E-state index in [9.17, 15) is 0 Å². The number of methoxy groups -OCH3 is 1. The van der Waals surface area contributed by atoms with E-state index in [1.54, 1.807) is 7.11 Å². The molecule has 132 valence electrons. The molecule has 5 heteroatoms. The lowest BCUT2D eigenvalue weighted by atomic mass is 9.98. The molecule has 0 aliphatic carbocycles. The van der Waals surface area contributed by atoms with Crippen LogP contribution in [-0.2, 0) is 0 Å². The average Bonchev–Trinajstić information content (AvgIpc) is 2.69. The number of ether oxygens (including phenoxy) is 2. The molecule has 0 fully saturated rings. The molecule has 0 spiro atoms. The predicted molar refractivity (Wildman–Crippen MR) is 102 cm³/mol. The van der Waals surface area contributed by atoms with Crippen LogP contribution in [0.4, 0.5) is 5.82 Å². The highest BCUT2D eigenvalue weighted by Crippen LogP contribution is 2.34. The molecule has 4 rings (SSSR count). The van der Waals surface area contributed by atoms with Gasteiger partial charge in [-0.1, -0.05) is 17.7 Å². The van der Waals surface area contributed by atoms with E-state index in [2.05, 4.69) is 34.6 Å². The van der Waals surface area contributed by atoms with E-state index in [1.165, 1.54) is 11.1 Å². The van der Waals surface area contributed by atoms with Crippen LogP contribution in [0.5, 0.6) is 11.5 Å². The molecule has 1 aliphatic rings. The largest absolute Gasteiger partial charge is 0.497 e. The zero-order chi connectivity index (χ0) is 17.9. The highest BCUT2D eigenvalue weighted by molar-refractivity contribution is 5.60.